The number of nitrogens with zero attached hydrogens (tertiary/aromatic N) is 2. The quantitative estimate of drug-likeness (QED) is 0.370. The summed E-state index contributed by atoms with van der Waals surface area (Å²) < 4.78 is 5.95. The van der Waals surface area contributed by atoms with Gasteiger partial charge in [0.1, 0.15) is 23.1 Å². The highest BCUT2D eigenvalue weighted by Crippen LogP contribution is 2.37. The fourth-order valence-electron chi connectivity index (χ4n) is 6.74. The minimum absolute atomic E-state index is 0. The number of halogens is 1. The van der Waals surface area contributed by atoms with Gasteiger partial charge in [-0.2, -0.15) is 0 Å². The van der Waals surface area contributed by atoms with E-state index in [1.165, 1.54) is 0 Å². The Bertz CT molecular complexity index is 1240. The minimum atomic E-state index is -0.848. The van der Waals surface area contributed by atoms with Crippen LogP contribution in [0.2, 0.25) is 0 Å². The zero-order valence-corrected chi connectivity index (χ0v) is 26.0. The minimum Gasteiger partial charge on any atom is -0.457 e. The van der Waals surface area contributed by atoms with Crippen molar-refractivity contribution < 1.29 is 24.2 Å². The highest BCUT2D eigenvalue weighted by molar-refractivity contribution is 6.00. The molecule has 3 aliphatic rings. The number of aliphatic hydroxyl groups is 1. The third-order valence-corrected chi connectivity index (χ3v) is 9.31. The average Bonchev–Trinajstić information content (AvgIpc) is 3.56. The first-order valence-corrected chi connectivity index (χ1v) is 15.5. The Morgan fingerprint density at radius 3 is 2.23 bits per heavy atom. The van der Waals surface area contributed by atoms with Crippen molar-refractivity contribution in [3.63, 3.8) is 0 Å². The van der Waals surface area contributed by atoms with Crippen LogP contribution in [0.5, 0.6) is 11.5 Å². The summed E-state index contributed by atoms with van der Waals surface area (Å²) in [5.41, 5.74) is 0.869. The molecule has 0 aromatic heterocycles. The number of amides is 3. The van der Waals surface area contributed by atoms with Crippen LogP contribution in [0.4, 0.5) is 0 Å². The summed E-state index contributed by atoms with van der Waals surface area (Å²) in [6.45, 7) is 4.79. The van der Waals surface area contributed by atoms with Crippen LogP contribution in [0.15, 0.2) is 48.5 Å². The summed E-state index contributed by atoms with van der Waals surface area (Å²) in [4.78, 5) is 43.3. The third kappa shape index (κ3) is 7.16. The molecule has 2 atom stereocenters. The van der Waals surface area contributed by atoms with Crippen LogP contribution in [0, 0.1) is 5.92 Å². The van der Waals surface area contributed by atoms with Crippen LogP contribution in [-0.4, -0.2) is 77.0 Å². The third-order valence-electron chi connectivity index (χ3n) is 9.31. The summed E-state index contributed by atoms with van der Waals surface area (Å²) in [6, 6.07) is 14.1. The van der Waals surface area contributed by atoms with Crippen LogP contribution in [-0.2, 0) is 16.1 Å². The largest absolute Gasteiger partial charge is 0.457 e. The van der Waals surface area contributed by atoms with Gasteiger partial charge in [0.15, 0.2) is 0 Å². The van der Waals surface area contributed by atoms with Crippen LogP contribution in [0.1, 0.15) is 74.2 Å². The lowest BCUT2D eigenvalue weighted by Crippen LogP contribution is -2.75. The molecule has 3 amide bonds. The molecule has 5 rings (SSSR count). The van der Waals surface area contributed by atoms with Gasteiger partial charge < -0.3 is 25.4 Å². The van der Waals surface area contributed by atoms with Gasteiger partial charge in [-0.25, -0.2) is 0 Å². The molecule has 1 aliphatic carbocycles. The van der Waals surface area contributed by atoms with Gasteiger partial charge >= 0.3 is 0 Å². The Morgan fingerprint density at radius 2 is 1.65 bits per heavy atom. The first-order chi connectivity index (χ1) is 20.3. The Balaban J connectivity index is 0.00000423. The number of rotatable bonds is 10. The SMILES string of the molecule is CCCCN1C(=O)[C@@H]([C@H](O)C2CCCC2)NC(=O)C12CCN(Cc1ccc(Oc3ccc(C(=O)NC)cc3)cc1)CC2.Cl. The molecule has 0 bridgehead atoms. The van der Waals surface area contributed by atoms with Gasteiger partial charge in [0.2, 0.25) is 11.8 Å². The van der Waals surface area contributed by atoms with Gasteiger partial charge in [-0.15, -0.1) is 12.4 Å². The molecular weight excluding hydrogens is 568 g/mol. The number of carbonyl (C=O) groups excluding carboxylic acids is 3. The number of ether oxygens (including phenoxy) is 1. The number of piperazine rings is 1. The highest BCUT2D eigenvalue weighted by Gasteiger charge is 2.55. The lowest BCUT2D eigenvalue weighted by atomic mass is 9.80. The lowest BCUT2D eigenvalue weighted by molar-refractivity contribution is -0.165. The molecule has 3 N–H and O–H groups in total. The van der Waals surface area contributed by atoms with Gasteiger partial charge in [-0.3, -0.25) is 19.3 Å². The fourth-order valence-corrected chi connectivity index (χ4v) is 6.74. The van der Waals surface area contributed by atoms with Crippen molar-refractivity contribution in [1.82, 2.24) is 20.4 Å². The first kappa shape index (κ1) is 32.8. The number of carbonyl (C=O) groups is 3. The van der Waals surface area contributed by atoms with E-state index in [0.29, 0.717) is 49.5 Å². The molecule has 2 heterocycles. The maximum atomic E-state index is 13.8. The van der Waals surface area contributed by atoms with Gasteiger partial charge in [0.05, 0.1) is 6.10 Å². The van der Waals surface area contributed by atoms with Crippen LogP contribution in [0.3, 0.4) is 0 Å². The molecule has 3 fully saturated rings. The summed E-state index contributed by atoms with van der Waals surface area (Å²) in [7, 11) is 1.60. The number of aliphatic hydroxyl groups excluding tert-OH is 1. The van der Waals surface area contributed by atoms with E-state index in [4.69, 9.17) is 4.74 Å². The molecule has 2 aromatic rings. The van der Waals surface area contributed by atoms with E-state index in [1.807, 2.05) is 29.2 Å². The van der Waals surface area contributed by atoms with Crippen molar-refractivity contribution >= 4 is 30.1 Å². The molecule has 2 saturated heterocycles. The molecule has 1 saturated carbocycles. The number of piperidine rings is 1. The molecule has 1 spiro atoms. The monoisotopic (exact) mass is 612 g/mol. The van der Waals surface area contributed by atoms with Crippen molar-refractivity contribution in [3.8, 4) is 11.5 Å². The summed E-state index contributed by atoms with van der Waals surface area (Å²) in [6.07, 6.45) is 6.07. The van der Waals surface area contributed by atoms with Gasteiger partial charge in [0.25, 0.3) is 5.91 Å². The summed E-state index contributed by atoms with van der Waals surface area (Å²) >= 11 is 0. The molecule has 2 aromatic carbocycles. The van der Waals surface area contributed by atoms with E-state index >= 15 is 0 Å². The predicted molar refractivity (Wildman–Crippen MR) is 167 cm³/mol. The predicted octanol–water partition coefficient (Wildman–Crippen LogP) is 4.27. The Morgan fingerprint density at radius 1 is 1.05 bits per heavy atom. The Hall–Kier alpha value is -3.14. The number of hydrogen-bond acceptors (Lipinski definition) is 6. The molecule has 234 valence electrons. The standard InChI is InChI=1S/C33H44N4O5.ClH/c1-3-4-19-37-31(40)28(29(38)24-7-5-6-8-24)35-32(41)33(37)17-20-36(21-18-33)22-23-9-13-26(14-10-23)42-27-15-11-25(12-16-27)30(39)34-2;/h9-16,24,28-29,38H,3-8,17-22H2,1-2H3,(H,34,39)(H,35,41);1H/t28-,29-;/m1./s1. The Labute approximate surface area is 260 Å². The van der Waals surface area contributed by atoms with E-state index in [-0.39, 0.29) is 36.0 Å². The molecular formula is C33H45ClN4O5. The summed E-state index contributed by atoms with van der Waals surface area (Å²) in [5, 5.41) is 16.6. The van der Waals surface area contributed by atoms with Gasteiger partial charge in [-0.1, -0.05) is 38.3 Å². The highest BCUT2D eigenvalue weighted by atomic mass is 35.5. The molecule has 0 unspecified atom stereocenters. The van der Waals surface area contributed by atoms with Crippen LogP contribution in [0.25, 0.3) is 0 Å². The normalized spacial score (nSPS) is 21.3. The van der Waals surface area contributed by atoms with E-state index in [1.54, 1.807) is 31.3 Å². The second-order valence-electron chi connectivity index (χ2n) is 12.0. The number of hydrogen-bond donors (Lipinski definition) is 3. The zero-order valence-electron chi connectivity index (χ0n) is 25.2. The second-order valence-corrected chi connectivity index (χ2v) is 12.0. The van der Waals surface area contributed by atoms with Crippen molar-refractivity contribution in [2.24, 2.45) is 5.92 Å². The molecule has 0 radical (unpaired) electrons. The zero-order chi connectivity index (χ0) is 29.7. The van der Waals surface area contributed by atoms with Crippen molar-refractivity contribution in [1.29, 1.82) is 0 Å². The molecule has 43 heavy (non-hydrogen) atoms. The number of nitrogens with one attached hydrogen (secondary N) is 2. The van der Waals surface area contributed by atoms with Crippen molar-refractivity contribution in [2.45, 2.75) is 82.5 Å². The van der Waals surface area contributed by atoms with Crippen LogP contribution < -0.4 is 15.4 Å². The van der Waals surface area contributed by atoms with E-state index < -0.39 is 17.7 Å². The Kier molecular flexibility index (Phi) is 11.1. The number of unbranched alkanes of at least 4 members (excludes halogenated alkanes) is 1. The van der Waals surface area contributed by atoms with E-state index in [2.05, 4.69) is 22.5 Å². The van der Waals surface area contributed by atoms with E-state index in [0.717, 1.165) is 50.6 Å². The summed E-state index contributed by atoms with van der Waals surface area (Å²) in [5.74, 6) is 1.08. The topological polar surface area (TPSA) is 111 Å². The first-order valence-electron chi connectivity index (χ1n) is 15.5. The average molecular weight is 613 g/mol. The van der Waals surface area contributed by atoms with E-state index in [9.17, 15) is 19.5 Å². The van der Waals surface area contributed by atoms with Crippen LogP contribution >= 0.6 is 12.4 Å². The molecule has 9 nitrogen and oxygen atoms in total. The fraction of sp³-hybridized carbons (Fsp3) is 0.545. The molecule has 2 aliphatic heterocycles. The van der Waals surface area contributed by atoms with Gasteiger partial charge in [0, 0.05) is 38.8 Å². The van der Waals surface area contributed by atoms with Crippen molar-refractivity contribution in [2.75, 3.05) is 26.7 Å². The maximum absolute atomic E-state index is 13.8. The lowest BCUT2D eigenvalue weighted by Gasteiger charge is -2.52. The number of benzene rings is 2. The van der Waals surface area contributed by atoms with Crippen molar-refractivity contribution in [3.05, 3.63) is 59.7 Å². The molecule has 10 heteroatoms. The smallest absolute Gasteiger partial charge is 0.251 e. The van der Waals surface area contributed by atoms with Gasteiger partial charge in [-0.05, 0) is 80.0 Å². The number of likely N-dealkylation sites (tertiary alicyclic amines) is 1. The maximum Gasteiger partial charge on any atom is 0.251 e. The second kappa shape index (κ2) is 14.6.